The van der Waals surface area contributed by atoms with Crippen LogP contribution >= 0.6 is 11.3 Å². The van der Waals surface area contributed by atoms with Gasteiger partial charge in [-0.15, -0.1) is 11.3 Å². The van der Waals surface area contributed by atoms with Gasteiger partial charge < -0.3 is 19.3 Å². The van der Waals surface area contributed by atoms with Gasteiger partial charge in [0.25, 0.3) is 0 Å². The second-order valence-corrected chi connectivity index (χ2v) is 6.31. The summed E-state index contributed by atoms with van der Waals surface area (Å²) in [6.07, 6.45) is 1.75. The predicted molar refractivity (Wildman–Crippen MR) is 91.3 cm³/mol. The third-order valence-electron chi connectivity index (χ3n) is 3.85. The Morgan fingerprint density at radius 3 is 1.96 bits per heavy atom. The fraction of sp³-hybridized carbons (Fsp3) is 0.571. The van der Waals surface area contributed by atoms with Crippen molar-refractivity contribution in [2.75, 3.05) is 67.7 Å². The highest BCUT2D eigenvalue weighted by atomic mass is 32.1. The number of ether oxygens (including phenoxy) is 2. The summed E-state index contributed by atoms with van der Waals surface area (Å²) in [6.45, 7) is 5.88. The van der Waals surface area contributed by atoms with Crippen LogP contribution in [-0.4, -0.2) is 72.5 Å². The third kappa shape index (κ3) is 3.55. The summed E-state index contributed by atoms with van der Waals surface area (Å²) >= 11 is 1.51. The van der Waals surface area contributed by atoms with Crippen molar-refractivity contribution < 1.29 is 9.47 Å². The number of anilines is 4. The minimum Gasteiger partial charge on any atom is -0.378 e. The van der Waals surface area contributed by atoms with Gasteiger partial charge in [-0.1, -0.05) is 0 Å². The quantitative estimate of drug-likeness (QED) is 0.858. The molecule has 0 saturated carbocycles. The Labute approximate surface area is 143 Å². The zero-order valence-electron chi connectivity index (χ0n) is 13.2. The topological polar surface area (TPSA) is 88.5 Å². The van der Waals surface area contributed by atoms with E-state index in [0.717, 1.165) is 31.3 Å². The van der Waals surface area contributed by atoms with Crippen LogP contribution in [0.15, 0.2) is 11.6 Å². The van der Waals surface area contributed by atoms with E-state index >= 15 is 0 Å². The molecular weight excluding hydrogens is 330 g/mol. The van der Waals surface area contributed by atoms with Gasteiger partial charge in [0.1, 0.15) is 0 Å². The Balaban J connectivity index is 1.63. The first kappa shape index (κ1) is 15.5. The highest BCUT2D eigenvalue weighted by Crippen LogP contribution is 2.21. The van der Waals surface area contributed by atoms with Crippen molar-refractivity contribution in [1.82, 2.24) is 19.9 Å². The molecule has 2 aliphatic heterocycles. The number of rotatable bonds is 4. The van der Waals surface area contributed by atoms with Crippen molar-refractivity contribution in [2.45, 2.75) is 0 Å². The molecule has 0 unspecified atom stereocenters. The largest absolute Gasteiger partial charge is 0.378 e. The lowest BCUT2D eigenvalue weighted by Gasteiger charge is -2.30. The number of aromatic nitrogens is 4. The lowest BCUT2D eigenvalue weighted by molar-refractivity contribution is 0.121. The number of hydrogen-bond donors (Lipinski definition) is 1. The van der Waals surface area contributed by atoms with Gasteiger partial charge in [0, 0.05) is 37.8 Å². The third-order valence-corrected chi connectivity index (χ3v) is 4.54. The van der Waals surface area contributed by atoms with E-state index in [4.69, 9.17) is 9.47 Å². The van der Waals surface area contributed by atoms with E-state index in [1.807, 2.05) is 5.38 Å². The maximum atomic E-state index is 5.42. The van der Waals surface area contributed by atoms with Gasteiger partial charge in [0.2, 0.25) is 17.8 Å². The molecule has 2 aromatic heterocycles. The normalized spacial score (nSPS) is 18.7. The molecule has 2 aliphatic rings. The molecule has 10 heteroatoms. The molecule has 0 aromatic carbocycles. The molecule has 0 spiro atoms. The summed E-state index contributed by atoms with van der Waals surface area (Å²) in [5, 5.41) is 5.85. The summed E-state index contributed by atoms with van der Waals surface area (Å²) in [7, 11) is 0. The van der Waals surface area contributed by atoms with Crippen molar-refractivity contribution in [1.29, 1.82) is 0 Å². The molecule has 24 heavy (non-hydrogen) atoms. The van der Waals surface area contributed by atoms with Gasteiger partial charge in [-0.3, -0.25) is 5.32 Å². The molecule has 2 fully saturated rings. The van der Waals surface area contributed by atoms with E-state index in [0.29, 0.717) is 44.3 Å². The molecule has 2 aromatic rings. The average Bonchev–Trinajstić information content (AvgIpc) is 3.16. The molecule has 128 valence electrons. The molecule has 9 nitrogen and oxygen atoms in total. The number of thiazole rings is 1. The first-order valence-corrected chi connectivity index (χ1v) is 8.84. The van der Waals surface area contributed by atoms with Gasteiger partial charge >= 0.3 is 0 Å². The number of hydrogen-bond acceptors (Lipinski definition) is 10. The Morgan fingerprint density at radius 2 is 1.46 bits per heavy atom. The summed E-state index contributed by atoms with van der Waals surface area (Å²) in [4.78, 5) is 22.3. The van der Waals surface area contributed by atoms with Crippen molar-refractivity contribution >= 4 is 34.3 Å². The molecule has 0 atom stereocenters. The molecule has 0 aliphatic carbocycles. The van der Waals surface area contributed by atoms with Crippen LogP contribution in [0.5, 0.6) is 0 Å². The summed E-state index contributed by atoms with van der Waals surface area (Å²) < 4.78 is 10.8. The lowest BCUT2D eigenvalue weighted by atomic mass is 10.4. The Morgan fingerprint density at radius 1 is 0.875 bits per heavy atom. The molecule has 0 radical (unpaired) electrons. The van der Waals surface area contributed by atoms with Crippen LogP contribution in [0, 0.1) is 0 Å². The van der Waals surface area contributed by atoms with Crippen LogP contribution in [-0.2, 0) is 9.47 Å². The summed E-state index contributed by atoms with van der Waals surface area (Å²) in [5.74, 6) is 1.87. The maximum Gasteiger partial charge on any atom is 0.235 e. The second-order valence-electron chi connectivity index (χ2n) is 5.42. The zero-order valence-corrected chi connectivity index (χ0v) is 14.0. The molecule has 0 bridgehead atoms. The first-order chi connectivity index (χ1) is 11.9. The van der Waals surface area contributed by atoms with Crippen LogP contribution in [0.3, 0.4) is 0 Å². The fourth-order valence-corrected chi connectivity index (χ4v) is 3.12. The van der Waals surface area contributed by atoms with Gasteiger partial charge in [-0.25, -0.2) is 4.98 Å². The molecule has 1 N–H and O–H groups in total. The standard InChI is InChI=1S/C14H19N7O2S/c1-10-24-14(15-1)18-11-16-12(20-2-6-22-7-3-20)19-13(17-11)21-4-8-23-9-5-21/h1,10H,2-9H2,(H,15,16,17,18,19). The minimum absolute atomic E-state index is 0.517. The van der Waals surface area contributed by atoms with E-state index in [1.165, 1.54) is 11.3 Å². The van der Waals surface area contributed by atoms with Crippen LogP contribution in [0.4, 0.5) is 23.0 Å². The van der Waals surface area contributed by atoms with E-state index in [2.05, 4.69) is 35.1 Å². The number of nitrogens with zero attached hydrogens (tertiary/aromatic N) is 6. The maximum absolute atomic E-state index is 5.42. The monoisotopic (exact) mass is 349 g/mol. The Bertz CT molecular complexity index is 621. The first-order valence-electron chi connectivity index (χ1n) is 7.96. The minimum atomic E-state index is 0.517. The number of morpholine rings is 2. The highest BCUT2D eigenvalue weighted by molar-refractivity contribution is 7.13. The molecule has 0 amide bonds. The van der Waals surface area contributed by atoms with Crippen LogP contribution in [0.2, 0.25) is 0 Å². The van der Waals surface area contributed by atoms with Crippen molar-refractivity contribution in [3.63, 3.8) is 0 Å². The van der Waals surface area contributed by atoms with Crippen LogP contribution < -0.4 is 15.1 Å². The van der Waals surface area contributed by atoms with E-state index < -0.39 is 0 Å². The summed E-state index contributed by atoms with van der Waals surface area (Å²) in [6, 6.07) is 0. The molecule has 4 heterocycles. The van der Waals surface area contributed by atoms with Crippen LogP contribution in [0.25, 0.3) is 0 Å². The lowest BCUT2D eigenvalue weighted by Crippen LogP contribution is -2.40. The Hall–Kier alpha value is -2.04. The molecular formula is C14H19N7O2S. The van der Waals surface area contributed by atoms with E-state index in [9.17, 15) is 0 Å². The highest BCUT2D eigenvalue weighted by Gasteiger charge is 2.20. The number of nitrogens with one attached hydrogen (secondary N) is 1. The predicted octanol–water partition coefficient (Wildman–Crippen LogP) is 0.745. The van der Waals surface area contributed by atoms with E-state index in [1.54, 1.807) is 6.20 Å². The van der Waals surface area contributed by atoms with Gasteiger partial charge in [-0.05, 0) is 0 Å². The molecule has 4 rings (SSSR count). The smallest absolute Gasteiger partial charge is 0.235 e. The Kier molecular flexibility index (Phi) is 4.67. The van der Waals surface area contributed by atoms with Gasteiger partial charge in [0.15, 0.2) is 5.13 Å². The van der Waals surface area contributed by atoms with Crippen molar-refractivity contribution in [2.24, 2.45) is 0 Å². The van der Waals surface area contributed by atoms with Crippen molar-refractivity contribution in [3.8, 4) is 0 Å². The fourth-order valence-electron chi connectivity index (χ4n) is 2.60. The zero-order chi connectivity index (χ0) is 16.2. The van der Waals surface area contributed by atoms with E-state index in [-0.39, 0.29) is 0 Å². The van der Waals surface area contributed by atoms with Gasteiger partial charge in [-0.2, -0.15) is 15.0 Å². The average molecular weight is 349 g/mol. The molecule has 2 saturated heterocycles. The SMILES string of the molecule is c1csc(Nc2nc(N3CCOCC3)nc(N3CCOCC3)n2)n1. The second kappa shape index (κ2) is 7.24. The van der Waals surface area contributed by atoms with Crippen LogP contribution in [0.1, 0.15) is 0 Å². The summed E-state index contributed by atoms with van der Waals surface area (Å²) in [5.41, 5.74) is 0. The van der Waals surface area contributed by atoms with Crippen molar-refractivity contribution in [3.05, 3.63) is 11.6 Å². The van der Waals surface area contributed by atoms with Gasteiger partial charge in [0.05, 0.1) is 26.4 Å².